The number of hydrogen-bond acceptors (Lipinski definition) is 3. The molecular weight excluding hydrogens is 290 g/mol. The van der Waals surface area contributed by atoms with Crippen molar-refractivity contribution in [2.75, 3.05) is 19.6 Å². The number of alkyl halides is 2. The molecule has 114 valence electrons. The molecule has 5 nitrogen and oxygen atoms in total. The van der Waals surface area contributed by atoms with Crippen LogP contribution in [0.5, 0.6) is 0 Å². The van der Waals surface area contributed by atoms with Crippen LogP contribution in [-0.4, -0.2) is 47.1 Å². The number of aromatic amines is 1. The number of amides is 1. The third-order valence-corrected chi connectivity index (χ3v) is 3.15. The summed E-state index contributed by atoms with van der Waals surface area (Å²) in [4.78, 5) is 13.5. The number of H-pyrrole nitrogens is 1. The maximum absolute atomic E-state index is 12.5. The topological polar surface area (TPSA) is 61.0 Å². The zero-order chi connectivity index (χ0) is 13.8. The highest BCUT2D eigenvalue weighted by molar-refractivity contribution is 5.94. The Hall–Kier alpha value is -1.21. The van der Waals surface area contributed by atoms with Crippen LogP contribution < -0.4 is 5.32 Å². The highest BCUT2D eigenvalue weighted by Crippen LogP contribution is 2.17. The van der Waals surface area contributed by atoms with Gasteiger partial charge in [0.1, 0.15) is 0 Å². The van der Waals surface area contributed by atoms with Crippen molar-refractivity contribution in [1.82, 2.24) is 20.4 Å². The standard InChI is InChI=1S/C12H18F2N4O.ClH/c1-2-5-18(7-10(13)14)12(19)11-8-6-15-4-3-9(8)16-17-11;/h10,15H,2-7H2,1H3,(H,16,17);1H. The molecule has 0 radical (unpaired) electrons. The van der Waals surface area contributed by atoms with Gasteiger partial charge in [-0.25, -0.2) is 8.78 Å². The fourth-order valence-corrected chi connectivity index (χ4v) is 2.26. The fraction of sp³-hybridized carbons (Fsp3) is 0.667. The van der Waals surface area contributed by atoms with Gasteiger partial charge in [-0.15, -0.1) is 12.4 Å². The monoisotopic (exact) mass is 308 g/mol. The van der Waals surface area contributed by atoms with Crippen LogP contribution in [0.2, 0.25) is 0 Å². The van der Waals surface area contributed by atoms with Gasteiger partial charge in [0.15, 0.2) is 5.69 Å². The number of fused-ring (bicyclic) bond motifs is 1. The molecule has 0 atom stereocenters. The average molecular weight is 309 g/mol. The van der Waals surface area contributed by atoms with E-state index >= 15 is 0 Å². The third-order valence-electron chi connectivity index (χ3n) is 3.15. The van der Waals surface area contributed by atoms with Gasteiger partial charge < -0.3 is 10.2 Å². The minimum absolute atomic E-state index is 0. The first-order valence-corrected chi connectivity index (χ1v) is 6.47. The van der Waals surface area contributed by atoms with Gasteiger partial charge in [0, 0.05) is 37.3 Å². The zero-order valence-corrected chi connectivity index (χ0v) is 12.1. The molecule has 1 aromatic rings. The molecule has 2 rings (SSSR count). The molecule has 0 aliphatic carbocycles. The number of aromatic nitrogens is 2. The largest absolute Gasteiger partial charge is 0.332 e. The number of nitrogens with zero attached hydrogens (tertiary/aromatic N) is 2. The first-order valence-electron chi connectivity index (χ1n) is 6.47. The van der Waals surface area contributed by atoms with Crippen LogP contribution in [0.1, 0.15) is 35.1 Å². The van der Waals surface area contributed by atoms with Gasteiger partial charge in [-0.1, -0.05) is 6.92 Å². The van der Waals surface area contributed by atoms with Crippen LogP contribution in [0.4, 0.5) is 8.78 Å². The van der Waals surface area contributed by atoms with Gasteiger partial charge in [-0.05, 0) is 6.42 Å². The number of hydrogen-bond donors (Lipinski definition) is 2. The number of nitrogens with one attached hydrogen (secondary N) is 2. The van der Waals surface area contributed by atoms with Crippen LogP contribution >= 0.6 is 12.4 Å². The van der Waals surface area contributed by atoms with E-state index in [2.05, 4.69) is 15.5 Å². The van der Waals surface area contributed by atoms with Crippen molar-refractivity contribution in [2.45, 2.75) is 32.7 Å². The van der Waals surface area contributed by atoms with Crippen molar-refractivity contribution in [3.63, 3.8) is 0 Å². The molecule has 0 saturated heterocycles. The first kappa shape index (κ1) is 16.8. The maximum Gasteiger partial charge on any atom is 0.274 e. The molecule has 2 N–H and O–H groups in total. The van der Waals surface area contributed by atoms with Gasteiger partial charge in [0.25, 0.3) is 12.3 Å². The predicted octanol–water partition coefficient (Wildman–Crippen LogP) is 1.59. The molecule has 1 aliphatic heterocycles. The summed E-state index contributed by atoms with van der Waals surface area (Å²) in [6.07, 6.45) is -1.11. The second kappa shape index (κ2) is 7.54. The Morgan fingerprint density at radius 2 is 2.25 bits per heavy atom. The summed E-state index contributed by atoms with van der Waals surface area (Å²) in [5.41, 5.74) is 2.01. The molecule has 0 bridgehead atoms. The lowest BCUT2D eigenvalue weighted by Gasteiger charge is -2.21. The summed E-state index contributed by atoms with van der Waals surface area (Å²) in [6, 6.07) is 0. The molecule has 0 fully saturated rings. The summed E-state index contributed by atoms with van der Waals surface area (Å²) in [6.45, 7) is 3.02. The second-order valence-electron chi connectivity index (χ2n) is 4.60. The smallest absolute Gasteiger partial charge is 0.274 e. The minimum atomic E-state index is -2.52. The summed E-state index contributed by atoms with van der Waals surface area (Å²) in [7, 11) is 0. The Labute approximate surface area is 122 Å². The Kier molecular flexibility index (Phi) is 6.35. The molecule has 1 amide bonds. The van der Waals surface area contributed by atoms with E-state index in [1.54, 1.807) is 0 Å². The molecule has 1 aliphatic rings. The van der Waals surface area contributed by atoms with Gasteiger partial charge in [0.2, 0.25) is 0 Å². The van der Waals surface area contributed by atoms with Crippen LogP contribution in [0.3, 0.4) is 0 Å². The Morgan fingerprint density at radius 1 is 1.50 bits per heavy atom. The van der Waals surface area contributed by atoms with E-state index in [0.717, 1.165) is 24.2 Å². The summed E-state index contributed by atoms with van der Waals surface area (Å²) in [5.74, 6) is -0.414. The first-order chi connectivity index (χ1) is 9.13. The second-order valence-corrected chi connectivity index (χ2v) is 4.60. The molecule has 20 heavy (non-hydrogen) atoms. The van der Waals surface area contributed by atoms with E-state index in [1.807, 2.05) is 6.92 Å². The van der Waals surface area contributed by atoms with Crippen molar-refractivity contribution < 1.29 is 13.6 Å². The predicted molar refractivity (Wildman–Crippen MR) is 73.4 cm³/mol. The lowest BCUT2D eigenvalue weighted by molar-refractivity contribution is 0.0549. The molecular formula is C12H19ClF2N4O. The highest BCUT2D eigenvalue weighted by Gasteiger charge is 2.26. The number of carbonyl (C=O) groups is 1. The Bertz CT molecular complexity index is 453. The third kappa shape index (κ3) is 3.67. The molecule has 0 spiro atoms. The normalized spacial score (nSPS) is 13.8. The number of rotatable bonds is 5. The Balaban J connectivity index is 0.00000200. The summed E-state index contributed by atoms with van der Waals surface area (Å²) < 4.78 is 25.0. The number of halogens is 3. The molecule has 0 saturated carbocycles. The maximum atomic E-state index is 12.5. The lowest BCUT2D eigenvalue weighted by Crippen LogP contribution is -2.37. The van der Waals surface area contributed by atoms with Gasteiger partial charge in [-0.2, -0.15) is 5.10 Å². The molecule has 1 aromatic heterocycles. The van der Waals surface area contributed by atoms with Crippen LogP contribution in [0, 0.1) is 0 Å². The fourth-order valence-electron chi connectivity index (χ4n) is 2.26. The molecule has 0 aromatic carbocycles. The van der Waals surface area contributed by atoms with E-state index in [-0.39, 0.29) is 18.1 Å². The molecule has 8 heteroatoms. The molecule has 0 unspecified atom stereocenters. The van der Waals surface area contributed by atoms with E-state index < -0.39 is 18.9 Å². The number of carbonyl (C=O) groups excluding carboxylic acids is 1. The quantitative estimate of drug-likeness (QED) is 0.868. The van der Waals surface area contributed by atoms with E-state index in [0.29, 0.717) is 19.5 Å². The minimum Gasteiger partial charge on any atom is -0.332 e. The Morgan fingerprint density at radius 3 is 2.90 bits per heavy atom. The summed E-state index contributed by atoms with van der Waals surface area (Å²) >= 11 is 0. The van der Waals surface area contributed by atoms with E-state index in [1.165, 1.54) is 4.90 Å². The van der Waals surface area contributed by atoms with E-state index in [4.69, 9.17) is 0 Å². The van der Waals surface area contributed by atoms with Gasteiger partial charge in [-0.3, -0.25) is 9.89 Å². The lowest BCUT2D eigenvalue weighted by atomic mass is 10.1. The van der Waals surface area contributed by atoms with E-state index in [9.17, 15) is 13.6 Å². The zero-order valence-electron chi connectivity index (χ0n) is 11.3. The van der Waals surface area contributed by atoms with Crippen LogP contribution in [0.15, 0.2) is 0 Å². The van der Waals surface area contributed by atoms with Crippen molar-refractivity contribution in [3.8, 4) is 0 Å². The molecule has 2 heterocycles. The van der Waals surface area contributed by atoms with Crippen molar-refractivity contribution in [1.29, 1.82) is 0 Å². The SMILES string of the molecule is CCCN(CC(F)F)C(=O)c1n[nH]c2c1CNCC2.Cl. The highest BCUT2D eigenvalue weighted by atomic mass is 35.5. The van der Waals surface area contributed by atoms with Crippen LogP contribution in [0.25, 0.3) is 0 Å². The van der Waals surface area contributed by atoms with Crippen LogP contribution in [-0.2, 0) is 13.0 Å². The van der Waals surface area contributed by atoms with Gasteiger partial charge in [0.05, 0.1) is 6.54 Å². The van der Waals surface area contributed by atoms with Crippen molar-refractivity contribution >= 4 is 18.3 Å². The average Bonchev–Trinajstić information content (AvgIpc) is 2.80. The van der Waals surface area contributed by atoms with Crippen molar-refractivity contribution in [3.05, 3.63) is 17.0 Å². The van der Waals surface area contributed by atoms with Gasteiger partial charge >= 0.3 is 0 Å². The summed E-state index contributed by atoms with van der Waals surface area (Å²) in [5, 5.41) is 9.99. The van der Waals surface area contributed by atoms with Crippen molar-refractivity contribution in [2.24, 2.45) is 0 Å².